The number of fused-ring (bicyclic) bond motifs is 1. The van der Waals surface area contributed by atoms with Crippen molar-refractivity contribution in [3.63, 3.8) is 0 Å². The molecule has 29 heavy (non-hydrogen) atoms. The van der Waals surface area contributed by atoms with E-state index in [1.807, 2.05) is 0 Å². The van der Waals surface area contributed by atoms with Crippen molar-refractivity contribution in [1.29, 1.82) is 0 Å². The normalized spacial score (nSPS) is 16.3. The third kappa shape index (κ3) is 4.13. The van der Waals surface area contributed by atoms with E-state index in [0.29, 0.717) is 5.75 Å². The molecule has 0 bridgehead atoms. The molecule has 0 spiro atoms. The first kappa shape index (κ1) is 20.5. The zero-order valence-electron chi connectivity index (χ0n) is 16.5. The number of amides is 2. The van der Waals surface area contributed by atoms with Crippen molar-refractivity contribution in [1.82, 2.24) is 4.90 Å². The maximum absolute atomic E-state index is 14.1. The van der Waals surface area contributed by atoms with Gasteiger partial charge in [-0.25, -0.2) is 4.39 Å². The van der Waals surface area contributed by atoms with Crippen LogP contribution in [0.1, 0.15) is 41.5 Å². The van der Waals surface area contributed by atoms with Crippen LogP contribution in [-0.2, 0) is 4.79 Å². The van der Waals surface area contributed by atoms with E-state index in [9.17, 15) is 18.8 Å². The van der Waals surface area contributed by atoms with Crippen molar-refractivity contribution in [2.24, 2.45) is 5.92 Å². The number of carbonyl (C=O) groups is 3. The SMILES string of the molecule is CCOc1ccc(C(=O)CN2C(=O)c3ccccc3O[C@H](C(C)C)C2=O)cc1F. The summed E-state index contributed by atoms with van der Waals surface area (Å²) in [6.07, 6.45) is -0.910. The Balaban J connectivity index is 1.91. The summed E-state index contributed by atoms with van der Waals surface area (Å²) in [7, 11) is 0. The van der Waals surface area contributed by atoms with Crippen LogP contribution in [0.2, 0.25) is 0 Å². The molecule has 0 aliphatic carbocycles. The van der Waals surface area contributed by atoms with Gasteiger partial charge in [0, 0.05) is 5.56 Å². The Morgan fingerprint density at radius 2 is 1.93 bits per heavy atom. The van der Waals surface area contributed by atoms with Crippen molar-refractivity contribution in [3.05, 3.63) is 59.4 Å². The number of hydrogen-bond acceptors (Lipinski definition) is 5. The number of Topliss-reactive ketones (excluding diaryl/α,β-unsaturated/α-hetero) is 1. The summed E-state index contributed by atoms with van der Waals surface area (Å²) in [4.78, 5) is 39.6. The van der Waals surface area contributed by atoms with Crippen molar-refractivity contribution in [3.8, 4) is 11.5 Å². The molecule has 152 valence electrons. The molecule has 0 N–H and O–H groups in total. The molecule has 0 unspecified atom stereocenters. The van der Waals surface area contributed by atoms with E-state index in [1.165, 1.54) is 12.1 Å². The molecule has 2 aromatic carbocycles. The molecule has 1 heterocycles. The zero-order chi connectivity index (χ0) is 21.1. The fourth-order valence-electron chi connectivity index (χ4n) is 3.09. The minimum atomic E-state index is -0.910. The highest BCUT2D eigenvalue weighted by molar-refractivity contribution is 6.12. The number of benzene rings is 2. The van der Waals surface area contributed by atoms with Crippen molar-refractivity contribution in [2.45, 2.75) is 26.9 Å². The lowest BCUT2D eigenvalue weighted by atomic mass is 10.0. The van der Waals surface area contributed by atoms with E-state index in [2.05, 4.69) is 0 Å². The molecular weight excluding hydrogens is 377 g/mol. The standard InChI is InChI=1S/C22H22FNO5/c1-4-28-19-10-9-14(11-16(19)23)17(25)12-24-21(26)15-7-5-6-8-18(15)29-20(13(2)3)22(24)27/h5-11,13,20H,4,12H2,1-3H3/t20-/m1/s1. The van der Waals surface area contributed by atoms with Gasteiger partial charge in [0.25, 0.3) is 11.8 Å². The average molecular weight is 399 g/mol. The van der Waals surface area contributed by atoms with E-state index in [4.69, 9.17) is 9.47 Å². The van der Waals surface area contributed by atoms with Crippen molar-refractivity contribution < 1.29 is 28.2 Å². The van der Waals surface area contributed by atoms with Crippen LogP contribution in [-0.4, -0.2) is 41.8 Å². The Bertz CT molecular complexity index is 956. The minimum absolute atomic E-state index is 0.0353. The van der Waals surface area contributed by atoms with Crippen LogP contribution >= 0.6 is 0 Å². The van der Waals surface area contributed by atoms with Crippen LogP contribution in [0.5, 0.6) is 11.5 Å². The molecule has 0 saturated heterocycles. The van der Waals surface area contributed by atoms with E-state index in [0.717, 1.165) is 11.0 Å². The van der Waals surface area contributed by atoms with E-state index in [-0.39, 0.29) is 29.4 Å². The van der Waals surface area contributed by atoms with Gasteiger partial charge in [-0.15, -0.1) is 0 Å². The number of ether oxygens (including phenoxy) is 2. The molecular formula is C22H22FNO5. The Labute approximate surface area is 168 Å². The molecule has 2 aromatic rings. The van der Waals surface area contributed by atoms with Gasteiger partial charge in [0.15, 0.2) is 23.5 Å². The van der Waals surface area contributed by atoms with E-state index >= 15 is 0 Å². The summed E-state index contributed by atoms with van der Waals surface area (Å²) in [5, 5.41) is 0. The van der Waals surface area contributed by atoms with E-state index < -0.39 is 36.1 Å². The number of imide groups is 1. The average Bonchev–Trinajstić information content (AvgIpc) is 2.80. The van der Waals surface area contributed by atoms with Gasteiger partial charge in [0.05, 0.1) is 18.7 Å². The Hall–Kier alpha value is -3.22. The molecule has 2 amide bonds. The first-order chi connectivity index (χ1) is 13.8. The highest BCUT2D eigenvalue weighted by Crippen LogP contribution is 2.28. The zero-order valence-corrected chi connectivity index (χ0v) is 16.5. The molecule has 1 aliphatic rings. The second-order valence-electron chi connectivity index (χ2n) is 7.01. The molecule has 0 fully saturated rings. The van der Waals surface area contributed by atoms with Crippen LogP contribution in [0, 0.1) is 11.7 Å². The number of ketones is 1. The van der Waals surface area contributed by atoms with Crippen LogP contribution in [0.4, 0.5) is 4.39 Å². The van der Waals surface area contributed by atoms with Crippen molar-refractivity contribution in [2.75, 3.05) is 13.2 Å². The van der Waals surface area contributed by atoms with Gasteiger partial charge in [-0.3, -0.25) is 19.3 Å². The topological polar surface area (TPSA) is 72.9 Å². The minimum Gasteiger partial charge on any atom is -0.491 e. The molecule has 0 radical (unpaired) electrons. The van der Waals surface area contributed by atoms with Crippen LogP contribution < -0.4 is 9.47 Å². The van der Waals surface area contributed by atoms with Gasteiger partial charge in [-0.05, 0) is 43.2 Å². The lowest BCUT2D eigenvalue weighted by molar-refractivity contribution is -0.136. The first-order valence-electron chi connectivity index (χ1n) is 9.40. The smallest absolute Gasteiger partial charge is 0.271 e. The molecule has 1 atom stereocenters. The predicted molar refractivity (Wildman–Crippen MR) is 104 cm³/mol. The highest BCUT2D eigenvalue weighted by Gasteiger charge is 2.38. The summed E-state index contributed by atoms with van der Waals surface area (Å²) in [5.74, 6) is -2.34. The molecule has 7 heteroatoms. The number of rotatable bonds is 6. The number of hydrogen-bond donors (Lipinski definition) is 0. The number of nitrogens with zero attached hydrogens (tertiary/aromatic N) is 1. The number of halogens is 1. The Kier molecular flexibility index (Phi) is 5.96. The van der Waals surface area contributed by atoms with Gasteiger partial charge in [-0.2, -0.15) is 0 Å². The summed E-state index contributed by atoms with van der Waals surface area (Å²) >= 11 is 0. The van der Waals surface area contributed by atoms with E-state index in [1.54, 1.807) is 45.0 Å². The monoisotopic (exact) mass is 399 g/mol. The lowest BCUT2D eigenvalue weighted by Crippen LogP contribution is -2.47. The third-order valence-electron chi connectivity index (χ3n) is 4.59. The van der Waals surface area contributed by atoms with Gasteiger partial charge in [-0.1, -0.05) is 26.0 Å². The maximum Gasteiger partial charge on any atom is 0.271 e. The second-order valence-corrected chi connectivity index (χ2v) is 7.01. The van der Waals surface area contributed by atoms with Gasteiger partial charge < -0.3 is 9.47 Å². The third-order valence-corrected chi connectivity index (χ3v) is 4.59. The van der Waals surface area contributed by atoms with Crippen LogP contribution in [0.3, 0.4) is 0 Å². The summed E-state index contributed by atoms with van der Waals surface area (Å²) in [5.41, 5.74) is 0.251. The predicted octanol–water partition coefficient (Wildman–Crippen LogP) is 3.49. The Morgan fingerprint density at radius 1 is 1.21 bits per heavy atom. The number of para-hydroxylation sites is 1. The molecule has 0 saturated carbocycles. The highest BCUT2D eigenvalue weighted by atomic mass is 19.1. The van der Waals surface area contributed by atoms with Gasteiger partial charge in [0.1, 0.15) is 5.75 Å². The summed E-state index contributed by atoms with van der Waals surface area (Å²) in [6.45, 7) is 5.09. The first-order valence-corrected chi connectivity index (χ1v) is 9.40. The molecule has 1 aliphatic heterocycles. The molecule has 6 nitrogen and oxygen atoms in total. The molecule has 0 aromatic heterocycles. The van der Waals surface area contributed by atoms with Crippen molar-refractivity contribution >= 4 is 17.6 Å². The van der Waals surface area contributed by atoms with Gasteiger partial charge in [0.2, 0.25) is 0 Å². The Morgan fingerprint density at radius 3 is 2.59 bits per heavy atom. The fourth-order valence-corrected chi connectivity index (χ4v) is 3.09. The molecule has 3 rings (SSSR count). The fraction of sp³-hybridized carbons (Fsp3) is 0.318. The quantitative estimate of drug-likeness (QED) is 0.549. The summed E-state index contributed by atoms with van der Waals surface area (Å²) in [6, 6.07) is 10.3. The summed E-state index contributed by atoms with van der Waals surface area (Å²) < 4.78 is 25.0. The van der Waals surface area contributed by atoms with Crippen LogP contribution in [0.25, 0.3) is 0 Å². The maximum atomic E-state index is 14.1. The second kappa shape index (κ2) is 8.43. The number of carbonyl (C=O) groups excluding carboxylic acids is 3. The van der Waals surface area contributed by atoms with Gasteiger partial charge >= 0.3 is 0 Å². The lowest BCUT2D eigenvalue weighted by Gasteiger charge is -2.24. The largest absolute Gasteiger partial charge is 0.491 e. The van der Waals surface area contributed by atoms with Crippen LogP contribution in [0.15, 0.2) is 42.5 Å².